The zero-order chi connectivity index (χ0) is 23.7. The summed E-state index contributed by atoms with van der Waals surface area (Å²) in [4.78, 5) is 45.1. The van der Waals surface area contributed by atoms with Gasteiger partial charge in [-0.1, -0.05) is 12.1 Å². The van der Waals surface area contributed by atoms with Gasteiger partial charge in [0.1, 0.15) is 11.4 Å². The summed E-state index contributed by atoms with van der Waals surface area (Å²) >= 11 is 2.16. The van der Waals surface area contributed by atoms with E-state index in [1.54, 1.807) is 12.1 Å². The summed E-state index contributed by atoms with van der Waals surface area (Å²) in [5.41, 5.74) is 11.9. The van der Waals surface area contributed by atoms with Crippen LogP contribution in [0.15, 0.2) is 29.0 Å². The van der Waals surface area contributed by atoms with E-state index in [9.17, 15) is 24.5 Å². The van der Waals surface area contributed by atoms with Gasteiger partial charge in [0.15, 0.2) is 16.3 Å². The Morgan fingerprint density at radius 2 is 1.91 bits per heavy atom. The number of nitrogen functional groups attached to an aromatic ring is 2. The third-order valence-corrected chi connectivity index (χ3v) is 6.17. The van der Waals surface area contributed by atoms with Crippen molar-refractivity contribution in [3.63, 3.8) is 0 Å². The fourth-order valence-electron chi connectivity index (χ4n) is 3.29. The minimum absolute atomic E-state index is 0.0367. The predicted octanol–water partition coefficient (Wildman–Crippen LogP) is 0.0729. The number of aromatic nitrogens is 2. The fraction of sp³-hybridized carbons (Fsp3) is 0.167. The average Bonchev–Trinajstić information content (AvgIpc) is 3.40. The maximum absolute atomic E-state index is 13.1. The first-order chi connectivity index (χ1) is 15.7. The van der Waals surface area contributed by atoms with E-state index >= 15 is 0 Å². The number of hydrogen-bond donors (Lipinski definition) is 6. The van der Waals surface area contributed by atoms with Gasteiger partial charge in [0.25, 0.3) is 5.91 Å². The van der Waals surface area contributed by atoms with Crippen LogP contribution in [0, 0.1) is 0 Å². The standard InChI is InChI=1S/C18H17BN6O6S2/c20-17-22-9(5-32-17)12(25-14(26)10-6-33-18(21)23-10)15(27)24-11-4-7-2-1-3-8(16(28)29)13(7)31-19(11)30/h1-3,5-6,11-12,30H,4H2,(H2,20,22)(H2,21,23)(H,24,27)(H,25,26)(H,28,29)/t11-,12?/m0/s1. The van der Waals surface area contributed by atoms with Crippen molar-refractivity contribution < 1.29 is 29.2 Å². The quantitative estimate of drug-likeness (QED) is 0.258. The van der Waals surface area contributed by atoms with Crippen molar-refractivity contribution in [2.75, 3.05) is 11.5 Å². The Hall–Kier alpha value is -3.69. The number of nitrogens with two attached hydrogens (primary N) is 2. The monoisotopic (exact) mass is 488 g/mol. The van der Waals surface area contributed by atoms with Crippen LogP contribution in [-0.4, -0.2) is 50.9 Å². The Morgan fingerprint density at radius 1 is 1.18 bits per heavy atom. The molecule has 33 heavy (non-hydrogen) atoms. The number of fused-ring (bicyclic) bond motifs is 1. The molecule has 0 bridgehead atoms. The molecule has 8 N–H and O–H groups in total. The molecule has 4 rings (SSSR count). The van der Waals surface area contributed by atoms with Gasteiger partial charge in [-0.05, 0) is 18.1 Å². The molecule has 1 aliphatic heterocycles. The highest BCUT2D eigenvalue weighted by atomic mass is 32.1. The molecule has 1 unspecified atom stereocenters. The van der Waals surface area contributed by atoms with E-state index in [0.29, 0.717) is 5.56 Å². The van der Waals surface area contributed by atoms with Crippen molar-refractivity contribution in [1.82, 2.24) is 20.6 Å². The molecule has 0 aliphatic carbocycles. The minimum Gasteiger partial charge on any atom is -0.534 e. The molecule has 2 amide bonds. The van der Waals surface area contributed by atoms with Crippen LogP contribution < -0.4 is 26.8 Å². The van der Waals surface area contributed by atoms with Crippen LogP contribution in [0.4, 0.5) is 10.3 Å². The number of anilines is 2. The highest BCUT2D eigenvalue weighted by Crippen LogP contribution is 2.30. The second kappa shape index (κ2) is 9.05. The van der Waals surface area contributed by atoms with E-state index in [1.807, 2.05) is 0 Å². The number of para-hydroxylation sites is 1. The largest absolute Gasteiger partial charge is 0.547 e. The number of rotatable bonds is 6. The average molecular weight is 488 g/mol. The molecule has 15 heteroatoms. The first kappa shape index (κ1) is 22.5. The van der Waals surface area contributed by atoms with Crippen molar-refractivity contribution >= 4 is 57.8 Å². The maximum atomic E-state index is 13.1. The number of nitrogens with one attached hydrogen (secondary N) is 2. The lowest BCUT2D eigenvalue weighted by Crippen LogP contribution is -2.55. The van der Waals surface area contributed by atoms with Gasteiger partial charge in [-0.2, -0.15) is 0 Å². The lowest BCUT2D eigenvalue weighted by molar-refractivity contribution is -0.123. The van der Waals surface area contributed by atoms with Crippen LogP contribution in [-0.2, 0) is 11.2 Å². The van der Waals surface area contributed by atoms with E-state index < -0.39 is 36.9 Å². The van der Waals surface area contributed by atoms with Crippen molar-refractivity contribution in [3.05, 3.63) is 51.5 Å². The van der Waals surface area contributed by atoms with Gasteiger partial charge in [-0.25, -0.2) is 14.8 Å². The topological polar surface area (TPSA) is 203 Å². The number of amides is 2. The van der Waals surface area contributed by atoms with Crippen molar-refractivity contribution in [2.45, 2.75) is 18.4 Å². The number of carbonyl (C=O) groups is 3. The number of thiazole rings is 2. The van der Waals surface area contributed by atoms with Gasteiger partial charge in [0.05, 0.1) is 17.2 Å². The second-order valence-corrected chi connectivity index (χ2v) is 8.79. The highest BCUT2D eigenvalue weighted by molar-refractivity contribution is 7.13. The van der Waals surface area contributed by atoms with Crippen LogP contribution in [0.1, 0.15) is 38.1 Å². The van der Waals surface area contributed by atoms with Gasteiger partial charge >= 0.3 is 13.1 Å². The zero-order valence-corrected chi connectivity index (χ0v) is 18.4. The van der Waals surface area contributed by atoms with Crippen LogP contribution in [0.3, 0.4) is 0 Å². The van der Waals surface area contributed by atoms with Gasteiger partial charge in [-0.3, -0.25) is 9.59 Å². The van der Waals surface area contributed by atoms with E-state index in [4.69, 9.17) is 16.1 Å². The molecule has 3 heterocycles. The summed E-state index contributed by atoms with van der Waals surface area (Å²) in [6.07, 6.45) is 0.103. The summed E-state index contributed by atoms with van der Waals surface area (Å²) in [6, 6.07) is 3.30. The molecular formula is C18H17BN6O6S2. The Bertz CT molecular complexity index is 1230. The van der Waals surface area contributed by atoms with Crippen LogP contribution in [0.2, 0.25) is 0 Å². The third kappa shape index (κ3) is 4.74. The lowest BCUT2D eigenvalue weighted by Gasteiger charge is -2.30. The molecule has 170 valence electrons. The van der Waals surface area contributed by atoms with E-state index in [2.05, 4.69) is 20.6 Å². The van der Waals surface area contributed by atoms with Crippen molar-refractivity contribution in [1.29, 1.82) is 0 Å². The lowest BCUT2D eigenvalue weighted by atomic mass is 9.72. The summed E-state index contributed by atoms with van der Waals surface area (Å²) < 4.78 is 5.40. The molecule has 3 aromatic rings. The molecule has 0 saturated carbocycles. The Labute approximate surface area is 194 Å². The van der Waals surface area contributed by atoms with Gasteiger partial charge < -0.3 is 36.9 Å². The Balaban J connectivity index is 1.55. The Morgan fingerprint density at radius 3 is 2.55 bits per heavy atom. The first-order valence-electron chi connectivity index (χ1n) is 9.46. The van der Waals surface area contributed by atoms with Crippen LogP contribution >= 0.6 is 22.7 Å². The number of carboxylic acids is 1. The molecular weight excluding hydrogens is 471 g/mol. The molecule has 1 aromatic carbocycles. The number of hydrogen-bond acceptors (Lipinski definition) is 11. The van der Waals surface area contributed by atoms with E-state index in [1.165, 1.54) is 16.8 Å². The number of aromatic carboxylic acids is 1. The van der Waals surface area contributed by atoms with Crippen molar-refractivity contribution in [2.24, 2.45) is 0 Å². The molecule has 1 aliphatic rings. The predicted molar refractivity (Wildman–Crippen MR) is 121 cm³/mol. The summed E-state index contributed by atoms with van der Waals surface area (Å²) in [7, 11) is -1.52. The first-order valence-corrected chi connectivity index (χ1v) is 11.2. The zero-order valence-electron chi connectivity index (χ0n) is 16.7. The summed E-state index contributed by atoms with van der Waals surface area (Å²) in [5.74, 6) is -3.40. The van der Waals surface area contributed by atoms with Crippen molar-refractivity contribution in [3.8, 4) is 5.75 Å². The highest BCUT2D eigenvalue weighted by Gasteiger charge is 2.39. The van der Waals surface area contributed by atoms with Gasteiger partial charge in [-0.15, -0.1) is 22.7 Å². The van der Waals surface area contributed by atoms with Gasteiger partial charge in [0, 0.05) is 10.8 Å². The molecule has 2 atom stereocenters. The Kier molecular flexibility index (Phi) is 6.17. The second-order valence-electron chi connectivity index (χ2n) is 7.01. The van der Waals surface area contributed by atoms with Crippen LogP contribution in [0.5, 0.6) is 5.75 Å². The minimum atomic E-state index is -1.52. The number of nitrogens with zero attached hydrogens (tertiary/aromatic N) is 2. The molecule has 0 fully saturated rings. The summed E-state index contributed by atoms with van der Waals surface area (Å²) in [5, 5.41) is 28.3. The summed E-state index contributed by atoms with van der Waals surface area (Å²) in [6.45, 7) is 0. The molecule has 0 spiro atoms. The molecule has 0 saturated heterocycles. The number of benzene rings is 1. The third-order valence-electron chi connectivity index (χ3n) is 4.80. The molecule has 0 radical (unpaired) electrons. The molecule has 12 nitrogen and oxygen atoms in total. The van der Waals surface area contributed by atoms with E-state index in [-0.39, 0.29) is 39.4 Å². The normalized spacial score (nSPS) is 15.8. The van der Waals surface area contributed by atoms with Gasteiger partial charge in [0.2, 0.25) is 5.91 Å². The molecule has 2 aromatic heterocycles. The van der Waals surface area contributed by atoms with Crippen LogP contribution in [0.25, 0.3) is 0 Å². The smallest absolute Gasteiger partial charge is 0.534 e. The fourth-order valence-corrected chi connectivity index (χ4v) is 4.42. The van der Waals surface area contributed by atoms with E-state index in [0.717, 1.165) is 22.7 Å². The number of carboxylic acid groups (broad SMARTS) is 1. The number of carbonyl (C=O) groups excluding carboxylic acids is 2. The SMILES string of the molecule is Nc1nc(C(=O)NC(C(=O)N[C@H]2Cc3cccc(C(=O)O)c3OB2O)c2csc(N)n2)cs1. The maximum Gasteiger partial charge on any atom is 0.547 e.